The van der Waals surface area contributed by atoms with Crippen LogP contribution in [0.1, 0.15) is 5.56 Å². The Labute approximate surface area is 136 Å². The lowest BCUT2D eigenvalue weighted by Crippen LogP contribution is -1.97. The van der Waals surface area contributed by atoms with Gasteiger partial charge in [-0.05, 0) is 27.5 Å². The monoisotopic (exact) mass is 326 g/mol. The van der Waals surface area contributed by atoms with E-state index in [1.54, 1.807) is 0 Å². The number of rotatable bonds is 5. The van der Waals surface area contributed by atoms with Crippen LogP contribution in [-0.4, -0.2) is 14.2 Å². The summed E-state index contributed by atoms with van der Waals surface area (Å²) < 4.78 is 23.0. The summed E-state index contributed by atoms with van der Waals surface area (Å²) in [6, 6.07) is 22.3. The fraction of sp³-hybridized carbons (Fsp3) is 0.158. The van der Waals surface area contributed by atoms with Crippen LogP contribution in [-0.2, 0) is 19.8 Å². The Kier molecular flexibility index (Phi) is 4.63. The predicted molar refractivity (Wildman–Crippen MR) is 94.7 cm³/mol. The fourth-order valence-electron chi connectivity index (χ4n) is 2.79. The highest BCUT2D eigenvalue weighted by molar-refractivity contribution is 7.53. The SMILES string of the molecule is COP(=O)(Cc1c(-c2ccccc2)ccc2ccccc12)OC. The molecule has 0 aliphatic heterocycles. The minimum absolute atomic E-state index is 0.242. The zero-order chi connectivity index (χ0) is 16.3. The molecule has 0 atom stereocenters. The Hall–Kier alpha value is -1.93. The van der Waals surface area contributed by atoms with Gasteiger partial charge in [-0.15, -0.1) is 0 Å². The van der Waals surface area contributed by atoms with Crippen molar-refractivity contribution < 1.29 is 13.6 Å². The highest BCUT2D eigenvalue weighted by Crippen LogP contribution is 2.52. The fourth-order valence-corrected chi connectivity index (χ4v) is 3.93. The zero-order valence-electron chi connectivity index (χ0n) is 13.2. The first-order chi connectivity index (χ1) is 11.2. The van der Waals surface area contributed by atoms with Crippen molar-refractivity contribution in [1.29, 1.82) is 0 Å². The van der Waals surface area contributed by atoms with Crippen LogP contribution in [0.15, 0.2) is 66.7 Å². The molecule has 3 rings (SSSR count). The van der Waals surface area contributed by atoms with Crippen molar-refractivity contribution in [2.45, 2.75) is 6.16 Å². The second kappa shape index (κ2) is 6.67. The first kappa shape index (κ1) is 15.9. The van der Waals surface area contributed by atoms with E-state index >= 15 is 0 Å². The molecule has 118 valence electrons. The quantitative estimate of drug-likeness (QED) is 0.581. The van der Waals surface area contributed by atoms with E-state index in [2.05, 4.69) is 30.3 Å². The lowest BCUT2D eigenvalue weighted by molar-refractivity contribution is 0.275. The van der Waals surface area contributed by atoms with Gasteiger partial charge in [0.1, 0.15) is 0 Å². The van der Waals surface area contributed by atoms with E-state index in [1.807, 2.05) is 36.4 Å². The highest BCUT2D eigenvalue weighted by atomic mass is 31.2. The third-order valence-electron chi connectivity index (χ3n) is 4.03. The minimum Gasteiger partial charge on any atom is -0.312 e. The summed E-state index contributed by atoms with van der Waals surface area (Å²) in [7, 11) is -0.298. The summed E-state index contributed by atoms with van der Waals surface area (Å²) in [5, 5.41) is 2.18. The maximum Gasteiger partial charge on any atom is 0.334 e. The van der Waals surface area contributed by atoms with Gasteiger partial charge in [0.15, 0.2) is 0 Å². The van der Waals surface area contributed by atoms with Gasteiger partial charge < -0.3 is 9.05 Å². The summed E-state index contributed by atoms with van der Waals surface area (Å²) in [5.41, 5.74) is 3.13. The van der Waals surface area contributed by atoms with Crippen LogP contribution >= 0.6 is 7.60 Å². The molecule has 0 amide bonds. The van der Waals surface area contributed by atoms with Gasteiger partial charge in [0.25, 0.3) is 0 Å². The summed E-state index contributed by atoms with van der Waals surface area (Å²) in [4.78, 5) is 0. The molecule has 0 unspecified atom stereocenters. The molecule has 0 saturated heterocycles. The Morgan fingerprint density at radius 2 is 1.48 bits per heavy atom. The molecule has 0 aliphatic carbocycles. The van der Waals surface area contributed by atoms with Gasteiger partial charge in [-0.25, -0.2) is 0 Å². The first-order valence-electron chi connectivity index (χ1n) is 7.43. The summed E-state index contributed by atoms with van der Waals surface area (Å²) in [6.45, 7) is 0. The molecule has 0 aliphatic rings. The molecule has 0 spiro atoms. The highest BCUT2D eigenvalue weighted by Gasteiger charge is 2.25. The largest absolute Gasteiger partial charge is 0.334 e. The van der Waals surface area contributed by atoms with Crippen molar-refractivity contribution in [2.75, 3.05) is 14.2 Å². The number of hydrogen-bond donors (Lipinski definition) is 0. The lowest BCUT2D eigenvalue weighted by atomic mass is 9.95. The van der Waals surface area contributed by atoms with Gasteiger partial charge in [-0.2, -0.15) is 0 Å². The van der Waals surface area contributed by atoms with E-state index in [-0.39, 0.29) is 6.16 Å². The topological polar surface area (TPSA) is 35.5 Å². The molecule has 0 N–H and O–H groups in total. The van der Waals surface area contributed by atoms with E-state index in [1.165, 1.54) is 14.2 Å². The van der Waals surface area contributed by atoms with Crippen LogP contribution in [0.3, 0.4) is 0 Å². The van der Waals surface area contributed by atoms with Gasteiger partial charge in [0, 0.05) is 14.2 Å². The maximum absolute atomic E-state index is 12.7. The average Bonchev–Trinajstić information content (AvgIpc) is 2.62. The van der Waals surface area contributed by atoms with E-state index in [0.717, 1.165) is 27.5 Å². The van der Waals surface area contributed by atoms with E-state index < -0.39 is 7.60 Å². The number of fused-ring (bicyclic) bond motifs is 1. The van der Waals surface area contributed by atoms with Gasteiger partial charge in [-0.1, -0.05) is 66.7 Å². The molecule has 3 aromatic carbocycles. The summed E-state index contributed by atoms with van der Waals surface area (Å²) >= 11 is 0. The maximum atomic E-state index is 12.7. The molecule has 0 bridgehead atoms. The van der Waals surface area contributed by atoms with Crippen LogP contribution in [0.4, 0.5) is 0 Å². The Morgan fingerprint density at radius 3 is 2.17 bits per heavy atom. The average molecular weight is 326 g/mol. The molecule has 4 heteroatoms. The smallest absolute Gasteiger partial charge is 0.312 e. The number of benzene rings is 3. The molecular formula is C19H19O3P. The third kappa shape index (κ3) is 3.23. The summed E-state index contributed by atoms with van der Waals surface area (Å²) in [5.74, 6) is 0. The minimum atomic E-state index is -3.15. The normalized spacial score (nSPS) is 11.7. The molecule has 3 aromatic rings. The molecule has 0 heterocycles. The molecule has 0 radical (unpaired) electrons. The predicted octanol–water partition coefficient (Wildman–Crippen LogP) is 5.49. The van der Waals surface area contributed by atoms with Crippen molar-refractivity contribution in [2.24, 2.45) is 0 Å². The van der Waals surface area contributed by atoms with E-state index in [0.29, 0.717) is 0 Å². The standard InChI is InChI=1S/C19H19O3P/c1-21-23(20,22-2)14-19-17-11-7-6-10-16(17)12-13-18(19)15-8-4-3-5-9-15/h3-13H,14H2,1-2H3. The second-order valence-electron chi connectivity index (χ2n) is 5.31. The van der Waals surface area contributed by atoms with Gasteiger partial charge >= 0.3 is 7.60 Å². The lowest BCUT2D eigenvalue weighted by Gasteiger charge is -2.18. The van der Waals surface area contributed by atoms with Crippen LogP contribution in [0.5, 0.6) is 0 Å². The summed E-state index contributed by atoms with van der Waals surface area (Å²) in [6.07, 6.45) is 0.242. The molecule has 0 saturated carbocycles. The van der Waals surface area contributed by atoms with Crippen molar-refractivity contribution in [3.63, 3.8) is 0 Å². The van der Waals surface area contributed by atoms with Crippen LogP contribution in [0, 0.1) is 0 Å². The van der Waals surface area contributed by atoms with Crippen molar-refractivity contribution in [3.05, 3.63) is 72.3 Å². The van der Waals surface area contributed by atoms with Gasteiger partial charge in [0.2, 0.25) is 0 Å². The first-order valence-corrected chi connectivity index (χ1v) is 9.16. The Bertz CT molecular complexity index is 851. The molecule has 3 nitrogen and oxygen atoms in total. The van der Waals surface area contributed by atoms with Crippen molar-refractivity contribution in [1.82, 2.24) is 0 Å². The molecule has 23 heavy (non-hydrogen) atoms. The van der Waals surface area contributed by atoms with E-state index in [4.69, 9.17) is 9.05 Å². The van der Waals surface area contributed by atoms with Gasteiger partial charge in [-0.3, -0.25) is 4.57 Å². The molecule has 0 fully saturated rings. The van der Waals surface area contributed by atoms with Crippen molar-refractivity contribution in [3.8, 4) is 11.1 Å². The Morgan fingerprint density at radius 1 is 0.826 bits per heavy atom. The van der Waals surface area contributed by atoms with Crippen LogP contribution < -0.4 is 0 Å². The second-order valence-corrected chi connectivity index (χ2v) is 7.58. The third-order valence-corrected chi connectivity index (χ3v) is 5.85. The molecular weight excluding hydrogens is 307 g/mol. The Balaban J connectivity index is 2.24. The van der Waals surface area contributed by atoms with Crippen LogP contribution in [0.2, 0.25) is 0 Å². The number of hydrogen-bond acceptors (Lipinski definition) is 3. The van der Waals surface area contributed by atoms with Crippen LogP contribution in [0.25, 0.3) is 21.9 Å². The zero-order valence-corrected chi connectivity index (χ0v) is 14.1. The molecule has 0 aromatic heterocycles. The van der Waals surface area contributed by atoms with Gasteiger partial charge in [0.05, 0.1) is 6.16 Å². The van der Waals surface area contributed by atoms with E-state index in [9.17, 15) is 4.57 Å². The van der Waals surface area contributed by atoms with Crippen molar-refractivity contribution >= 4 is 18.4 Å².